The van der Waals surface area contributed by atoms with E-state index in [1.54, 1.807) is 0 Å². The molecule has 122 valence electrons. The summed E-state index contributed by atoms with van der Waals surface area (Å²) in [6, 6.07) is 7.31. The average molecular weight is 313 g/mol. The lowest BCUT2D eigenvalue weighted by atomic mass is 10.3. The molecule has 0 unspecified atom stereocenters. The molecular weight excluding hydrogens is 290 g/mol. The largest absolute Gasteiger partial charge is 0.495 e. The molecule has 4 nitrogen and oxygen atoms in total. The van der Waals surface area contributed by atoms with Gasteiger partial charge in [0.2, 0.25) is 5.91 Å². The van der Waals surface area contributed by atoms with E-state index in [1.807, 2.05) is 69.3 Å². The first kappa shape index (κ1) is 16.9. The minimum Gasteiger partial charge on any atom is -0.495 e. The predicted molar refractivity (Wildman–Crippen MR) is 92.1 cm³/mol. The topological polar surface area (TPSA) is 47.6 Å². The molecular formula is C19H23NO3. The van der Waals surface area contributed by atoms with Gasteiger partial charge in [0.25, 0.3) is 0 Å². The number of hydrogen-bond acceptors (Lipinski definition) is 3. The van der Waals surface area contributed by atoms with Crippen molar-refractivity contribution < 1.29 is 14.3 Å². The van der Waals surface area contributed by atoms with Crippen LogP contribution in [0, 0.1) is 0 Å². The van der Waals surface area contributed by atoms with Crippen LogP contribution < -0.4 is 10.1 Å². The summed E-state index contributed by atoms with van der Waals surface area (Å²) in [5.74, 6) is 2.31. The van der Waals surface area contributed by atoms with Crippen molar-refractivity contribution in [3.8, 4) is 5.75 Å². The summed E-state index contributed by atoms with van der Waals surface area (Å²) in [6.07, 6.45) is 9.16. The van der Waals surface area contributed by atoms with Crippen molar-refractivity contribution in [2.24, 2.45) is 0 Å². The Hall–Kier alpha value is -2.49. The maximum atomic E-state index is 11.4. The standard InChI is InChI=1S/C19H23NO3/c1-4-19(21)20-15-9-11-16(12-10-15)23-18-8-6-5-7-17(13-18)22-14(2)3/h5-6,8-14H,4,7H2,1-3H3,(H,20,21). The molecule has 1 amide bonds. The molecule has 0 spiro atoms. The van der Waals surface area contributed by atoms with Crippen LogP contribution in [0.4, 0.5) is 5.69 Å². The van der Waals surface area contributed by atoms with Crippen molar-refractivity contribution >= 4 is 11.6 Å². The number of nitrogens with one attached hydrogen (secondary N) is 1. The first-order chi connectivity index (χ1) is 11.1. The van der Waals surface area contributed by atoms with Crippen molar-refractivity contribution in [2.45, 2.75) is 39.7 Å². The van der Waals surface area contributed by atoms with Crippen molar-refractivity contribution in [1.29, 1.82) is 0 Å². The van der Waals surface area contributed by atoms with Crippen LogP contribution in [0.3, 0.4) is 0 Å². The Morgan fingerprint density at radius 1 is 1.26 bits per heavy atom. The van der Waals surface area contributed by atoms with Gasteiger partial charge in [-0.1, -0.05) is 19.1 Å². The first-order valence-corrected chi connectivity index (χ1v) is 7.88. The Morgan fingerprint density at radius 2 is 2.00 bits per heavy atom. The lowest BCUT2D eigenvalue weighted by Gasteiger charge is -2.13. The van der Waals surface area contributed by atoms with Crippen molar-refractivity contribution in [3.05, 3.63) is 60.1 Å². The highest BCUT2D eigenvalue weighted by atomic mass is 16.5. The Morgan fingerprint density at radius 3 is 2.65 bits per heavy atom. The highest BCUT2D eigenvalue weighted by Crippen LogP contribution is 2.21. The highest BCUT2D eigenvalue weighted by Gasteiger charge is 2.07. The van der Waals surface area contributed by atoms with Crippen LogP contribution in [0.1, 0.15) is 33.6 Å². The molecule has 1 N–H and O–H groups in total. The summed E-state index contributed by atoms with van der Waals surface area (Å²) in [7, 11) is 0. The number of carbonyl (C=O) groups excluding carboxylic acids is 1. The zero-order valence-electron chi connectivity index (χ0n) is 13.8. The monoisotopic (exact) mass is 313 g/mol. The molecule has 1 aliphatic rings. The SMILES string of the molecule is CCC(=O)Nc1ccc(OC2=CC=CCC(OC(C)C)=C2)cc1. The van der Waals surface area contributed by atoms with E-state index in [0.29, 0.717) is 12.2 Å². The van der Waals surface area contributed by atoms with E-state index in [1.165, 1.54) is 0 Å². The summed E-state index contributed by atoms with van der Waals surface area (Å²) < 4.78 is 11.6. The molecule has 0 saturated carbocycles. The van der Waals surface area contributed by atoms with Gasteiger partial charge in [0.1, 0.15) is 17.3 Å². The van der Waals surface area contributed by atoms with E-state index >= 15 is 0 Å². The van der Waals surface area contributed by atoms with Crippen LogP contribution in [0.5, 0.6) is 5.75 Å². The van der Waals surface area contributed by atoms with Gasteiger partial charge in [0, 0.05) is 24.6 Å². The van der Waals surface area contributed by atoms with Gasteiger partial charge in [-0.25, -0.2) is 0 Å². The van der Waals surface area contributed by atoms with E-state index in [4.69, 9.17) is 9.47 Å². The van der Waals surface area contributed by atoms with Crippen molar-refractivity contribution in [3.63, 3.8) is 0 Å². The Labute approximate surface area is 137 Å². The second kappa shape index (κ2) is 8.22. The normalized spacial score (nSPS) is 13.9. The van der Waals surface area contributed by atoms with Gasteiger partial charge in [-0.2, -0.15) is 0 Å². The van der Waals surface area contributed by atoms with Crippen LogP contribution in [0.25, 0.3) is 0 Å². The molecule has 1 aromatic carbocycles. The maximum absolute atomic E-state index is 11.4. The minimum atomic E-state index is -0.00584. The molecule has 0 fully saturated rings. The lowest BCUT2D eigenvalue weighted by molar-refractivity contribution is -0.115. The molecule has 1 aliphatic carbocycles. The van der Waals surface area contributed by atoms with Crippen LogP contribution in [-0.2, 0) is 9.53 Å². The van der Waals surface area contributed by atoms with E-state index in [0.717, 1.165) is 23.6 Å². The minimum absolute atomic E-state index is 0.00584. The van der Waals surface area contributed by atoms with Gasteiger partial charge in [0.15, 0.2) is 0 Å². The second-order valence-electron chi connectivity index (χ2n) is 5.51. The first-order valence-electron chi connectivity index (χ1n) is 7.88. The summed E-state index contributed by atoms with van der Waals surface area (Å²) in [6.45, 7) is 5.83. The number of anilines is 1. The van der Waals surface area contributed by atoms with Gasteiger partial charge in [-0.15, -0.1) is 0 Å². The van der Waals surface area contributed by atoms with Gasteiger partial charge in [0.05, 0.1) is 6.10 Å². The fourth-order valence-corrected chi connectivity index (χ4v) is 2.05. The zero-order chi connectivity index (χ0) is 16.7. The third kappa shape index (κ3) is 5.66. The smallest absolute Gasteiger partial charge is 0.224 e. The van der Waals surface area contributed by atoms with Crippen molar-refractivity contribution in [1.82, 2.24) is 0 Å². The quantitative estimate of drug-likeness (QED) is 0.837. The Balaban J connectivity index is 2.04. The molecule has 23 heavy (non-hydrogen) atoms. The fourth-order valence-electron chi connectivity index (χ4n) is 2.05. The summed E-state index contributed by atoms with van der Waals surface area (Å²) in [4.78, 5) is 11.4. The molecule has 4 heteroatoms. The van der Waals surface area contributed by atoms with Gasteiger partial charge < -0.3 is 14.8 Å². The number of amides is 1. The summed E-state index contributed by atoms with van der Waals surface area (Å²) in [5.41, 5.74) is 0.762. The third-order valence-electron chi connectivity index (χ3n) is 3.10. The number of allylic oxidation sites excluding steroid dienone is 4. The molecule has 2 rings (SSSR count). The Kier molecular flexibility index (Phi) is 6.03. The molecule has 0 atom stereocenters. The number of hydrogen-bond donors (Lipinski definition) is 1. The van der Waals surface area contributed by atoms with Crippen LogP contribution in [0.2, 0.25) is 0 Å². The second-order valence-corrected chi connectivity index (χ2v) is 5.51. The molecule has 0 aliphatic heterocycles. The molecule has 0 radical (unpaired) electrons. The van der Waals surface area contributed by atoms with E-state index in [2.05, 4.69) is 5.32 Å². The summed E-state index contributed by atoms with van der Waals surface area (Å²) >= 11 is 0. The Bertz CT molecular complexity index is 625. The van der Waals surface area contributed by atoms with Crippen LogP contribution in [0.15, 0.2) is 60.1 Å². The number of ether oxygens (including phenoxy) is 2. The van der Waals surface area contributed by atoms with E-state index in [-0.39, 0.29) is 12.0 Å². The zero-order valence-corrected chi connectivity index (χ0v) is 13.8. The lowest BCUT2D eigenvalue weighted by Crippen LogP contribution is -2.09. The van der Waals surface area contributed by atoms with Gasteiger partial charge in [-0.3, -0.25) is 4.79 Å². The van der Waals surface area contributed by atoms with Crippen LogP contribution in [-0.4, -0.2) is 12.0 Å². The molecule has 0 bridgehead atoms. The van der Waals surface area contributed by atoms with Crippen LogP contribution >= 0.6 is 0 Å². The predicted octanol–water partition coefficient (Wildman–Crippen LogP) is 4.57. The summed E-state index contributed by atoms with van der Waals surface area (Å²) in [5, 5.41) is 2.81. The van der Waals surface area contributed by atoms with E-state index in [9.17, 15) is 4.79 Å². The average Bonchev–Trinajstić information content (AvgIpc) is 2.73. The number of benzene rings is 1. The maximum Gasteiger partial charge on any atom is 0.224 e. The molecule has 0 saturated heterocycles. The van der Waals surface area contributed by atoms with Gasteiger partial charge in [-0.05, 0) is 44.2 Å². The van der Waals surface area contributed by atoms with E-state index < -0.39 is 0 Å². The fraction of sp³-hybridized carbons (Fsp3) is 0.316. The third-order valence-corrected chi connectivity index (χ3v) is 3.10. The molecule has 0 aromatic heterocycles. The number of rotatable bonds is 6. The van der Waals surface area contributed by atoms with Gasteiger partial charge >= 0.3 is 0 Å². The molecule has 1 aromatic rings. The highest BCUT2D eigenvalue weighted by molar-refractivity contribution is 5.90. The number of carbonyl (C=O) groups is 1. The van der Waals surface area contributed by atoms with Crippen molar-refractivity contribution in [2.75, 3.05) is 5.32 Å². The molecule has 0 heterocycles.